The Labute approximate surface area is 291 Å². The number of methoxy groups -OCH3 is 4. The number of aromatic nitrogens is 3. The van der Waals surface area contributed by atoms with Gasteiger partial charge in [0.1, 0.15) is 28.5 Å². The van der Waals surface area contributed by atoms with E-state index in [0.29, 0.717) is 59.1 Å². The molecule has 0 fully saturated rings. The van der Waals surface area contributed by atoms with Crippen molar-refractivity contribution >= 4 is 28.6 Å². The van der Waals surface area contributed by atoms with E-state index >= 15 is 0 Å². The first-order valence-corrected chi connectivity index (χ1v) is 16.3. The zero-order valence-electron chi connectivity index (χ0n) is 29.0. The molecule has 50 heavy (non-hydrogen) atoms. The van der Waals surface area contributed by atoms with E-state index in [4.69, 9.17) is 28.9 Å². The lowest BCUT2D eigenvalue weighted by Gasteiger charge is -2.25. The molecule has 2 heterocycles. The number of benzene rings is 3. The first kappa shape index (κ1) is 35.7. The fourth-order valence-corrected chi connectivity index (χ4v) is 5.69. The number of anilines is 2. The zero-order valence-corrected chi connectivity index (χ0v) is 29.0. The van der Waals surface area contributed by atoms with Gasteiger partial charge in [0.15, 0.2) is 0 Å². The molecule has 0 radical (unpaired) electrons. The smallest absolute Gasteiger partial charge is 0.337 e. The summed E-state index contributed by atoms with van der Waals surface area (Å²) in [6, 6.07) is 22.0. The summed E-state index contributed by atoms with van der Waals surface area (Å²) < 4.78 is 22.7. The molecule has 0 aliphatic carbocycles. The maximum atomic E-state index is 14.2. The highest BCUT2D eigenvalue weighted by Gasteiger charge is 2.21. The SMILES string of the molecule is CCC[C@H](CO)Nc1nc(N(Cc2ccc(OC)cc2)Cc2ccc(OC)cc2)nc2ccn(Cc3ccc(C(=O)OC)cc3OC)c(=O)c12. The molecule has 1 atom stereocenters. The lowest BCUT2D eigenvalue weighted by molar-refractivity contribution is 0.0600. The summed E-state index contributed by atoms with van der Waals surface area (Å²) in [5, 5.41) is 13.9. The van der Waals surface area contributed by atoms with Crippen molar-refractivity contribution in [1.82, 2.24) is 14.5 Å². The normalized spacial score (nSPS) is 11.6. The van der Waals surface area contributed by atoms with Crippen molar-refractivity contribution in [3.05, 3.63) is 112 Å². The number of esters is 1. The molecule has 0 bridgehead atoms. The molecule has 5 rings (SSSR count). The Morgan fingerprint density at radius 3 is 2.06 bits per heavy atom. The molecule has 0 spiro atoms. The number of carbonyl (C=O) groups excluding carboxylic acids is 1. The highest BCUT2D eigenvalue weighted by molar-refractivity contribution is 5.90. The minimum Gasteiger partial charge on any atom is -0.497 e. The van der Waals surface area contributed by atoms with Gasteiger partial charge in [-0.05, 0) is 60.0 Å². The van der Waals surface area contributed by atoms with E-state index in [1.165, 1.54) is 14.2 Å². The molecule has 2 N–H and O–H groups in total. The summed E-state index contributed by atoms with van der Waals surface area (Å²) in [7, 11) is 6.08. The van der Waals surface area contributed by atoms with Crippen molar-refractivity contribution in [3.8, 4) is 17.2 Å². The molecule has 0 saturated carbocycles. The van der Waals surface area contributed by atoms with Crippen LogP contribution in [-0.4, -0.2) is 66.7 Å². The van der Waals surface area contributed by atoms with Gasteiger partial charge in [0.05, 0.1) is 58.7 Å². The fourth-order valence-electron chi connectivity index (χ4n) is 5.69. The number of nitrogens with zero attached hydrogens (tertiary/aromatic N) is 4. The van der Waals surface area contributed by atoms with Gasteiger partial charge in [0, 0.05) is 24.8 Å². The average Bonchev–Trinajstić information content (AvgIpc) is 3.15. The van der Waals surface area contributed by atoms with E-state index in [1.807, 2.05) is 60.4 Å². The second kappa shape index (κ2) is 16.7. The van der Waals surface area contributed by atoms with Crippen molar-refractivity contribution in [2.45, 2.75) is 45.4 Å². The molecule has 12 nitrogen and oxygen atoms in total. The summed E-state index contributed by atoms with van der Waals surface area (Å²) in [4.78, 5) is 38.3. The van der Waals surface area contributed by atoms with Crippen LogP contribution in [0.3, 0.4) is 0 Å². The second-order valence-electron chi connectivity index (χ2n) is 11.8. The topological polar surface area (TPSA) is 137 Å². The Bertz CT molecular complexity index is 1910. The average molecular weight is 682 g/mol. The highest BCUT2D eigenvalue weighted by Crippen LogP contribution is 2.27. The Balaban J connectivity index is 1.61. The van der Waals surface area contributed by atoms with Crippen LogP contribution in [0.15, 0.2) is 83.8 Å². The van der Waals surface area contributed by atoms with Crippen LogP contribution in [0.4, 0.5) is 11.8 Å². The summed E-state index contributed by atoms with van der Waals surface area (Å²) in [6.45, 7) is 3.00. The number of aliphatic hydroxyl groups excluding tert-OH is 1. The van der Waals surface area contributed by atoms with Crippen LogP contribution >= 0.6 is 0 Å². The Kier molecular flexibility index (Phi) is 11.9. The standard InChI is InChI=1S/C38H43N5O7/c1-6-7-29(24-44)39-35-34-32(18-19-42(36(34)45)23-28-13-12-27(37(46)50-5)20-33(28)49-4)40-38(41-35)43(21-25-8-14-30(47-2)15-9-25)22-26-10-16-31(48-3)17-11-26/h8-20,29,44H,6-7,21-24H2,1-5H3,(H,39,40,41)/t29-/m1/s1. The van der Waals surface area contributed by atoms with Gasteiger partial charge in [-0.2, -0.15) is 4.98 Å². The minimum atomic E-state index is -0.486. The largest absolute Gasteiger partial charge is 0.497 e. The van der Waals surface area contributed by atoms with Gasteiger partial charge < -0.3 is 38.8 Å². The maximum absolute atomic E-state index is 14.2. The van der Waals surface area contributed by atoms with Crippen LogP contribution in [0.2, 0.25) is 0 Å². The number of rotatable bonds is 16. The van der Waals surface area contributed by atoms with Gasteiger partial charge in [-0.3, -0.25) is 4.79 Å². The van der Waals surface area contributed by atoms with Crippen molar-refractivity contribution in [3.63, 3.8) is 0 Å². The lowest BCUT2D eigenvalue weighted by Crippen LogP contribution is -2.29. The first-order valence-electron chi connectivity index (χ1n) is 16.3. The number of carbonyl (C=O) groups is 1. The van der Waals surface area contributed by atoms with Crippen LogP contribution in [0.25, 0.3) is 10.9 Å². The first-order chi connectivity index (χ1) is 24.3. The zero-order chi connectivity index (χ0) is 35.6. The van der Waals surface area contributed by atoms with Crippen molar-refractivity contribution < 1.29 is 28.8 Å². The minimum absolute atomic E-state index is 0.138. The molecule has 0 amide bonds. The van der Waals surface area contributed by atoms with Gasteiger partial charge in [-0.25, -0.2) is 9.78 Å². The molecule has 0 saturated heterocycles. The summed E-state index contributed by atoms with van der Waals surface area (Å²) >= 11 is 0. The molecule has 5 aromatic rings. The van der Waals surface area contributed by atoms with Gasteiger partial charge in [0.2, 0.25) is 5.95 Å². The third kappa shape index (κ3) is 8.32. The van der Waals surface area contributed by atoms with Gasteiger partial charge >= 0.3 is 5.97 Å². The van der Waals surface area contributed by atoms with E-state index in [0.717, 1.165) is 29.0 Å². The summed E-state index contributed by atoms with van der Waals surface area (Å²) in [5.74, 6) is 2.21. The third-order valence-electron chi connectivity index (χ3n) is 8.41. The maximum Gasteiger partial charge on any atom is 0.337 e. The molecular weight excluding hydrogens is 638 g/mol. The molecule has 2 aromatic heterocycles. The number of nitrogens with one attached hydrogen (secondary N) is 1. The van der Waals surface area contributed by atoms with E-state index in [9.17, 15) is 14.7 Å². The number of aliphatic hydroxyl groups is 1. The van der Waals surface area contributed by atoms with Gasteiger partial charge in [-0.15, -0.1) is 0 Å². The van der Waals surface area contributed by atoms with Crippen molar-refractivity contribution in [2.75, 3.05) is 45.3 Å². The van der Waals surface area contributed by atoms with Crippen LogP contribution in [0.1, 0.15) is 46.8 Å². The van der Waals surface area contributed by atoms with Gasteiger partial charge in [0.25, 0.3) is 5.56 Å². The van der Waals surface area contributed by atoms with Crippen LogP contribution in [0, 0.1) is 0 Å². The predicted molar refractivity (Wildman–Crippen MR) is 193 cm³/mol. The fraction of sp³-hybridized carbons (Fsp3) is 0.316. The van der Waals surface area contributed by atoms with E-state index < -0.39 is 5.97 Å². The monoisotopic (exact) mass is 681 g/mol. The number of ether oxygens (including phenoxy) is 4. The number of fused-ring (bicyclic) bond motifs is 1. The predicted octanol–water partition coefficient (Wildman–Crippen LogP) is 5.43. The Hall–Kier alpha value is -5.62. The molecular formula is C38H43N5O7. The van der Waals surface area contributed by atoms with Crippen LogP contribution in [0.5, 0.6) is 17.2 Å². The number of pyridine rings is 1. The summed E-state index contributed by atoms with van der Waals surface area (Å²) in [5.41, 5.74) is 3.19. The molecule has 3 aromatic carbocycles. The van der Waals surface area contributed by atoms with Crippen molar-refractivity contribution in [2.24, 2.45) is 0 Å². The number of hydrogen-bond donors (Lipinski definition) is 2. The molecule has 12 heteroatoms. The second-order valence-corrected chi connectivity index (χ2v) is 11.8. The van der Waals surface area contributed by atoms with Gasteiger partial charge in [-0.1, -0.05) is 43.7 Å². The van der Waals surface area contributed by atoms with E-state index in [1.54, 1.807) is 49.2 Å². The number of hydrogen-bond acceptors (Lipinski definition) is 11. The summed E-state index contributed by atoms with van der Waals surface area (Å²) in [6.07, 6.45) is 3.18. The molecule has 0 aliphatic heterocycles. The molecule has 0 aliphatic rings. The van der Waals surface area contributed by atoms with Crippen LogP contribution in [-0.2, 0) is 24.4 Å². The lowest BCUT2D eigenvalue weighted by atomic mass is 10.1. The van der Waals surface area contributed by atoms with E-state index in [2.05, 4.69) is 5.32 Å². The quantitative estimate of drug-likeness (QED) is 0.129. The van der Waals surface area contributed by atoms with Crippen molar-refractivity contribution in [1.29, 1.82) is 0 Å². The highest BCUT2D eigenvalue weighted by atomic mass is 16.5. The van der Waals surface area contributed by atoms with Crippen LogP contribution < -0.4 is 30.0 Å². The Morgan fingerprint density at radius 2 is 1.52 bits per heavy atom. The Morgan fingerprint density at radius 1 is 0.880 bits per heavy atom. The molecule has 0 unspecified atom stereocenters. The molecule has 262 valence electrons. The third-order valence-corrected chi connectivity index (χ3v) is 8.41. The van der Waals surface area contributed by atoms with E-state index in [-0.39, 0.29) is 24.8 Å².